The molecule has 0 fully saturated rings. The number of aryl methyl sites for hydroxylation is 1. The summed E-state index contributed by atoms with van der Waals surface area (Å²) in [6.45, 7) is 3.65. The second-order valence-electron chi connectivity index (χ2n) is 2.39. The summed E-state index contributed by atoms with van der Waals surface area (Å²) in [5.74, 6) is 0. The van der Waals surface area contributed by atoms with E-state index in [0.717, 1.165) is 11.3 Å². The Bertz CT molecular complexity index is 331. The van der Waals surface area contributed by atoms with Gasteiger partial charge in [0.1, 0.15) is 6.07 Å². The fraction of sp³-hybridized carbons (Fsp3) is 0.250. The number of aromatic nitrogens is 1. The van der Waals surface area contributed by atoms with Crippen LogP contribution < -0.4 is 0 Å². The first kappa shape index (κ1) is 7.55. The summed E-state index contributed by atoms with van der Waals surface area (Å²) in [6, 6.07) is 1.97. The molecule has 0 atom stereocenters. The average molecular weight is 148 g/mol. The Labute approximate surface area is 64.7 Å². The molecular weight excluding hydrogens is 140 g/mol. The minimum absolute atomic E-state index is 0.377. The summed E-state index contributed by atoms with van der Waals surface area (Å²) < 4.78 is 0. The summed E-state index contributed by atoms with van der Waals surface area (Å²) in [6.07, 6.45) is 0.665. The first-order valence-electron chi connectivity index (χ1n) is 3.25. The van der Waals surface area contributed by atoms with E-state index in [9.17, 15) is 4.79 Å². The van der Waals surface area contributed by atoms with E-state index in [4.69, 9.17) is 5.26 Å². The van der Waals surface area contributed by atoms with Crippen molar-refractivity contribution in [2.75, 3.05) is 0 Å². The predicted molar refractivity (Wildman–Crippen MR) is 40.4 cm³/mol. The highest BCUT2D eigenvalue weighted by atomic mass is 16.1. The molecule has 0 saturated carbocycles. The maximum Gasteiger partial charge on any atom is 0.167 e. The van der Waals surface area contributed by atoms with Crippen molar-refractivity contribution in [3.05, 3.63) is 22.5 Å². The number of aldehydes is 1. The molecule has 1 heterocycles. The van der Waals surface area contributed by atoms with Gasteiger partial charge in [0, 0.05) is 5.69 Å². The molecule has 1 rings (SSSR count). The van der Waals surface area contributed by atoms with Crippen molar-refractivity contribution in [2.24, 2.45) is 0 Å². The summed E-state index contributed by atoms with van der Waals surface area (Å²) in [7, 11) is 0. The van der Waals surface area contributed by atoms with Crippen molar-refractivity contribution in [1.82, 2.24) is 4.98 Å². The fourth-order valence-electron chi connectivity index (χ4n) is 0.980. The number of H-pyrrole nitrogens is 1. The molecule has 0 unspecified atom stereocenters. The van der Waals surface area contributed by atoms with Crippen LogP contribution in [0, 0.1) is 25.2 Å². The van der Waals surface area contributed by atoms with Crippen LogP contribution in [0.25, 0.3) is 0 Å². The summed E-state index contributed by atoms with van der Waals surface area (Å²) >= 11 is 0. The molecule has 0 amide bonds. The van der Waals surface area contributed by atoms with E-state index in [1.807, 2.05) is 19.9 Å². The highest BCUT2D eigenvalue weighted by Crippen LogP contribution is 2.14. The topological polar surface area (TPSA) is 56.6 Å². The van der Waals surface area contributed by atoms with E-state index in [1.165, 1.54) is 0 Å². The number of carbonyl (C=O) groups is 1. The number of nitriles is 1. The molecule has 0 radical (unpaired) electrons. The molecule has 0 aliphatic heterocycles. The lowest BCUT2D eigenvalue weighted by molar-refractivity contribution is 0.111. The first-order chi connectivity index (χ1) is 5.20. The highest BCUT2D eigenvalue weighted by Gasteiger charge is 2.09. The molecule has 0 aromatic carbocycles. The highest BCUT2D eigenvalue weighted by molar-refractivity contribution is 5.78. The standard InChI is InChI=1S/C8H8N2O/c1-5-6(2)10-8(4-11)7(5)3-9/h4,10H,1-2H3. The van der Waals surface area contributed by atoms with Gasteiger partial charge < -0.3 is 4.98 Å². The third-order valence-corrected chi connectivity index (χ3v) is 1.76. The van der Waals surface area contributed by atoms with Crippen LogP contribution in [0.1, 0.15) is 27.3 Å². The van der Waals surface area contributed by atoms with Gasteiger partial charge in [0.25, 0.3) is 0 Å². The van der Waals surface area contributed by atoms with Crippen LogP contribution in [-0.2, 0) is 0 Å². The van der Waals surface area contributed by atoms with E-state index in [0.29, 0.717) is 17.5 Å². The van der Waals surface area contributed by atoms with Crippen LogP contribution in [0.4, 0.5) is 0 Å². The normalized spacial score (nSPS) is 9.18. The van der Waals surface area contributed by atoms with Crippen LogP contribution in [0.2, 0.25) is 0 Å². The molecule has 0 aliphatic rings. The number of nitrogens with one attached hydrogen (secondary N) is 1. The van der Waals surface area contributed by atoms with Crippen molar-refractivity contribution in [3.8, 4) is 6.07 Å². The minimum Gasteiger partial charge on any atom is -0.355 e. The number of hydrogen-bond acceptors (Lipinski definition) is 2. The van der Waals surface area contributed by atoms with Crippen LogP contribution >= 0.6 is 0 Å². The molecule has 1 aromatic rings. The van der Waals surface area contributed by atoms with Gasteiger partial charge in [0.05, 0.1) is 11.3 Å². The van der Waals surface area contributed by atoms with Gasteiger partial charge in [-0.25, -0.2) is 0 Å². The van der Waals surface area contributed by atoms with Crippen LogP contribution in [0.5, 0.6) is 0 Å². The Morgan fingerprint density at radius 2 is 2.18 bits per heavy atom. The van der Waals surface area contributed by atoms with Crippen molar-refractivity contribution in [1.29, 1.82) is 5.26 Å². The lowest BCUT2D eigenvalue weighted by Gasteiger charge is -1.85. The van der Waals surface area contributed by atoms with Crippen LogP contribution in [0.15, 0.2) is 0 Å². The van der Waals surface area contributed by atoms with Gasteiger partial charge in [-0.05, 0) is 19.4 Å². The van der Waals surface area contributed by atoms with E-state index >= 15 is 0 Å². The summed E-state index contributed by atoms with van der Waals surface area (Å²) in [4.78, 5) is 13.2. The SMILES string of the molecule is Cc1[nH]c(C=O)c(C#N)c1C. The van der Waals surface area contributed by atoms with Gasteiger partial charge in [0.15, 0.2) is 6.29 Å². The zero-order chi connectivity index (χ0) is 8.43. The van der Waals surface area contributed by atoms with Crippen molar-refractivity contribution in [3.63, 3.8) is 0 Å². The second-order valence-corrected chi connectivity index (χ2v) is 2.39. The van der Waals surface area contributed by atoms with Crippen molar-refractivity contribution < 1.29 is 4.79 Å². The van der Waals surface area contributed by atoms with E-state index in [1.54, 1.807) is 0 Å². The second kappa shape index (κ2) is 2.59. The minimum atomic E-state index is 0.377. The molecule has 3 nitrogen and oxygen atoms in total. The molecular formula is C8H8N2O. The maximum atomic E-state index is 10.4. The molecule has 3 heteroatoms. The predicted octanol–water partition coefficient (Wildman–Crippen LogP) is 1.32. The van der Waals surface area contributed by atoms with E-state index in [2.05, 4.69) is 4.98 Å². The largest absolute Gasteiger partial charge is 0.355 e. The van der Waals surface area contributed by atoms with Gasteiger partial charge in [-0.3, -0.25) is 4.79 Å². The van der Waals surface area contributed by atoms with Gasteiger partial charge >= 0.3 is 0 Å². The Morgan fingerprint density at radius 3 is 2.55 bits per heavy atom. The van der Waals surface area contributed by atoms with Gasteiger partial charge in [-0.15, -0.1) is 0 Å². The smallest absolute Gasteiger partial charge is 0.167 e. The van der Waals surface area contributed by atoms with Gasteiger partial charge in [-0.1, -0.05) is 0 Å². The molecule has 11 heavy (non-hydrogen) atoms. The third kappa shape index (κ3) is 1.03. The molecule has 56 valence electrons. The first-order valence-corrected chi connectivity index (χ1v) is 3.25. The van der Waals surface area contributed by atoms with Gasteiger partial charge in [0.2, 0.25) is 0 Å². The molecule has 0 bridgehead atoms. The monoisotopic (exact) mass is 148 g/mol. The summed E-state index contributed by atoms with van der Waals surface area (Å²) in [5.41, 5.74) is 2.57. The third-order valence-electron chi connectivity index (χ3n) is 1.76. The lowest BCUT2D eigenvalue weighted by atomic mass is 10.1. The quantitative estimate of drug-likeness (QED) is 0.610. The number of aromatic amines is 1. The Hall–Kier alpha value is -1.56. The van der Waals surface area contributed by atoms with Crippen LogP contribution in [-0.4, -0.2) is 11.3 Å². The molecule has 0 aliphatic carbocycles. The fourth-order valence-corrected chi connectivity index (χ4v) is 0.980. The number of rotatable bonds is 1. The number of carbonyl (C=O) groups excluding carboxylic acids is 1. The molecule has 1 N–H and O–H groups in total. The van der Waals surface area contributed by atoms with Crippen LogP contribution in [0.3, 0.4) is 0 Å². The molecule has 1 aromatic heterocycles. The van der Waals surface area contributed by atoms with Crippen molar-refractivity contribution in [2.45, 2.75) is 13.8 Å². The van der Waals surface area contributed by atoms with Crippen molar-refractivity contribution >= 4 is 6.29 Å². The zero-order valence-corrected chi connectivity index (χ0v) is 6.43. The zero-order valence-electron chi connectivity index (χ0n) is 6.43. The Morgan fingerprint density at radius 1 is 1.55 bits per heavy atom. The van der Waals surface area contributed by atoms with Gasteiger partial charge in [-0.2, -0.15) is 5.26 Å². The Kier molecular flexibility index (Phi) is 1.77. The lowest BCUT2D eigenvalue weighted by Crippen LogP contribution is -1.83. The number of nitrogens with zero attached hydrogens (tertiary/aromatic N) is 1. The summed E-state index contributed by atoms with van der Waals surface area (Å²) in [5, 5.41) is 8.61. The Balaban J connectivity index is 3.41. The molecule has 0 saturated heterocycles. The average Bonchev–Trinajstić information content (AvgIpc) is 2.28. The maximum absolute atomic E-state index is 10.4. The number of hydrogen-bond donors (Lipinski definition) is 1. The molecule has 0 spiro atoms. The van der Waals surface area contributed by atoms with E-state index in [-0.39, 0.29) is 0 Å². The van der Waals surface area contributed by atoms with E-state index < -0.39 is 0 Å².